The largest absolute Gasteiger partial charge is 0.396 e. The molecule has 0 aliphatic heterocycles. The van der Waals surface area contributed by atoms with E-state index in [9.17, 15) is 0 Å². The SMILES string of the molecule is Cc1nn(Cn2cc(Cl)cn2)c(C)c1N. The van der Waals surface area contributed by atoms with E-state index in [1.54, 1.807) is 21.8 Å². The molecule has 0 saturated carbocycles. The zero-order valence-corrected chi connectivity index (χ0v) is 9.36. The third kappa shape index (κ3) is 1.83. The first-order valence-corrected chi connectivity index (χ1v) is 4.93. The van der Waals surface area contributed by atoms with E-state index in [4.69, 9.17) is 17.3 Å². The summed E-state index contributed by atoms with van der Waals surface area (Å²) in [4.78, 5) is 0. The molecule has 80 valence electrons. The number of anilines is 1. The highest BCUT2D eigenvalue weighted by Crippen LogP contribution is 2.15. The predicted octanol–water partition coefficient (Wildman–Crippen LogP) is 1.44. The van der Waals surface area contributed by atoms with Crippen molar-refractivity contribution in [3.05, 3.63) is 28.8 Å². The Hall–Kier alpha value is -1.49. The molecule has 2 heterocycles. The Kier molecular flexibility index (Phi) is 2.40. The van der Waals surface area contributed by atoms with E-state index < -0.39 is 0 Å². The van der Waals surface area contributed by atoms with Crippen LogP contribution in [0.4, 0.5) is 5.69 Å². The first-order valence-electron chi connectivity index (χ1n) is 4.55. The molecule has 2 N–H and O–H groups in total. The van der Waals surface area contributed by atoms with Crippen LogP contribution in [0.15, 0.2) is 12.4 Å². The second-order valence-corrected chi connectivity index (χ2v) is 3.86. The minimum Gasteiger partial charge on any atom is -0.396 e. The third-order valence-corrected chi connectivity index (χ3v) is 2.51. The van der Waals surface area contributed by atoms with Crippen molar-refractivity contribution in [2.24, 2.45) is 0 Å². The summed E-state index contributed by atoms with van der Waals surface area (Å²) in [5, 5.41) is 8.99. The molecule has 0 aliphatic rings. The fourth-order valence-corrected chi connectivity index (χ4v) is 1.56. The van der Waals surface area contributed by atoms with Crippen molar-refractivity contribution in [2.45, 2.75) is 20.5 Å². The molecule has 2 aromatic heterocycles. The van der Waals surface area contributed by atoms with Crippen LogP contribution in [-0.2, 0) is 6.67 Å². The molecule has 5 nitrogen and oxygen atoms in total. The molecule has 0 unspecified atom stereocenters. The van der Waals surface area contributed by atoms with Crippen molar-refractivity contribution in [1.29, 1.82) is 0 Å². The van der Waals surface area contributed by atoms with Gasteiger partial charge in [0.2, 0.25) is 0 Å². The monoisotopic (exact) mass is 225 g/mol. The number of rotatable bonds is 2. The zero-order valence-electron chi connectivity index (χ0n) is 8.61. The van der Waals surface area contributed by atoms with Crippen molar-refractivity contribution in [2.75, 3.05) is 5.73 Å². The molecule has 2 aromatic rings. The van der Waals surface area contributed by atoms with Gasteiger partial charge in [0, 0.05) is 6.20 Å². The fraction of sp³-hybridized carbons (Fsp3) is 0.333. The van der Waals surface area contributed by atoms with Crippen LogP contribution in [0.1, 0.15) is 11.4 Å². The van der Waals surface area contributed by atoms with Gasteiger partial charge in [0.1, 0.15) is 6.67 Å². The van der Waals surface area contributed by atoms with Crippen LogP contribution in [0.2, 0.25) is 5.02 Å². The van der Waals surface area contributed by atoms with Crippen LogP contribution in [0.3, 0.4) is 0 Å². The normalized spacial score (nSPS) is 10.9. The topological polar surface area (TPSA) is 61.7 Å². The van der Waals surface area contributed by atoms with Gasteiger partial charge >= 0.3 is 0 Å². The molecule has 0 spiro atoms. The van der Waals surface area contributed by atoms with Gasteiger partial charge in [-0.2, -0.15) is 10.2 Å². The van der Waals surface area contributed by atoms with Crippen LogP contribution >= 0.6 is 11.6 Å². The van der Waals surface area contributed by atoms with Gasteiger partial charge in [-0.05, 0) is 13.8 Å². The van der Waals surface area contributed by atoms with Crippen molar-refractivity contribution < 1.29 is 0 Å². The molecule has 0 amide bonds. The lowest BCUT2D eigenvalue weighted by Gasteiger charge is -2.03. The van der Waals surface area contributed by atoms with E-state index in [0.717, 1.165) is 17.1 Å². The average molecular weight is 226 g/mol. The van der Waals surface area contributed by atoms with E-state index in [0.29, 0.717) is 11.7 Å². The van der Waals surface area contributed by atoms with Crippen molar-refractivity contribution in [1.82, 2.24) is 19.6 Å². The number of halogens is 1. The lowest BCUT2D eigenvalue weighted by molar-refractivity contribution is 0.491. The van der Waals surface area contributed by atoms with E-state index >= 15 is 0 Å². The van der Waals surface area contributed by atoms with Crippen LogP contribution in [0.25, 0.3) is 0 Å². The summed E-state index contributed by atoms with van der Waals surface area (Å²) in [6, 6.07) is 0. The number of nitrogens with two attached hydrogens (primary N) is 1. The highest BCUT2D eigenvalue weighted by molar-refractivity contribution is 6.30. The number of aromatic nitrogens is 4. The lowest BCUT2D eigenvalue weighted by Crippen LogP contribution is -2.11. The van der Waals surface area contributed by atoms with Gasteiger partial charge in [-0.15, -0.1) is 0 Å². The maximum Gasteiger partial charge on any atom is 0.133 e. The number of nitrogens with zero attached hydrogens (tertiary/aromatic N) is 4. The standard InChI is InChI=1S/C9H12ClN5/c1-6-9(11)7(2)15(13-6)5-14-4-8(10)3-12-14/h3-4H,5,11H2,1-2H3. The Labute approximate surface area is 92.4 Å². The predicted molar refractivity (Wildman–Crippen MR) is 58.7 cm³/mol. The summed E-state index contributed by atoms with van der Waals surface area (Å²) < 4.78 is 3.51. The molecule has 0 saturated heterocycles. The Morgan fingerprint density at radius 1 is 1.47 bits per heavy atom. The molecule has 0 radical (unpaired) electrons. The van der Waals surface area contributed by atoms with Crippen molar-refractivity contribution >= 4 is 17.3 Å². The molecule has 2 rings (SSSR count). The second-order valence-electron chi connectivity index (χ2n) is 3.42. The number of aryl methyl sites for hydroxylation is 1. The van der Waals surface area contributed by atoms with Gasteiger partial charge in [-0.25, -0.2) is 9.36 Å². The van der Waals surface area contributed by atoms with E-state index in [2.05, 4.69) is 10.2 Å². The van der Waals surface area contributed by atoms with Crippen LogP contribution in [0, 0.1) is 13.8 Å². The number of hydrogen-bond acceptors (Lipinski definition) is 3. The summed E-state index contributed by atoms with van der Waals surface area (Å²) in [6.45, 7) is 4.34. The van der Waals surface area contributed by atoms with Gasteiger partial charge in [0.25, 0.3) is 0 Å². The van der Waals surface area contributed by atoms with Gasteiger partial charge in [-0.1, -0.05) is 11.6 Å². The molecule has 15 heavy (non-hydrogen) atoms. The smallest absolute Gasteiger partial charge is 0.133 e. The minimum absolute atomic E-state index is 0.524. The molecular weight excluding hydrogens is 214 g/mol. The fourth-order valence-electron chi connectivity index (χ4n) is 1.40. The van der Waals surface area contributed by atoms with Gasteiger partial charge < -0.3 is 5.73 Å². The molecule has 6 heteroatoms. The Balaban J connectivity index is 2.28. The summed E-state index contributed by atoms with van der Waals surface area (Å²) in [7, 11) is 0. The summed E-state index contributed by atoms with van der Waals surface area (Å²) in [6.07, 6.45) is 3.34. The molecular formula is C9H12ClN5. The lowest BCUT2D eigenvalue weighted by atomic mass is 10.3. The third-order valence-electron chi connectivity index (χ3n) is 2.32. The van der Waals surface area contributed by atoms with Gasteiger partial charge in [0.05, 0.1) is 28.3 Å². The quantitative estimate of drug-likeness (QED) is 0.841. The number of nitrogen functional groups attached to an aromatic ring is 1. The zero-order chi connectivity index (χ0) is 11.0. The molecule has 0 aliphatic carbocycles. The van der Waals surface area contributed by atoms with Crippen LogP contribution in [-0.4, -0.2) is 19.6 Å². The summed E-state index contributed by atoms with van der Waals surface area (Å²) in [5.41, 5.74) is 8.33. The highest BCUT2D eigenvalue weighted by Gasteiger charge is 2.08. The Bertz CT molecular complexity index is 485. The average Bonchev–Trinajstić information content (AvgIpc) is 2.68. The first-order chi connectivity index (χ1) is 7.08. The van der Waals surface area contributed by atoms with E-state index in [1.165, 1.54) is 0 Å². The van der Waals surface area contributed by atoms with Crippen LogP contribution in [0.5, 0.6) is 0 Å². The maximum atomic E-state index is 5.82. The minimum atomic E-state index is 0.524. The van der Waals surface area contributed by atoms with Crippen molar-refractivity contribution in [3.63, 3.8) is 0 Å². The van der Waals surface area contributed by atoms with E-state index in [1.807, 2.05) is 13.8 Å². The second kappa shape index (κ2) is 3.58. The Morgan fingerprint density at radius 2 is 2.20 bits per heavy atom. The van der Waals surface area contributed by atoms with Crippen LogP contribution < -0.4 is 5.73 Å². The highest BCUT2D eigenvalue weighted by atomic mass is 35.5. The van der Waals surface area contributed by atoms with E-state index in [-0.39, 0.29) is 0 Å². The summed E-state index contributed by atoms with van der Waals surface area (Å²) >= 11 is 5.77. The Morgan fingerprint density at radius 3 is 2.67 bits per heavy atom. The van der Waals surface area contributed by atoms with Gasteiger partial charge in [-0.3, -0.25) is 0 Å². The molecule has 0 bridgehead atoms. The first kappa shape index (κ1) is 10.0. The molecule has 0 atom stereocenters. The van der Waals surface area contributed by atoms with Gasteiger partial charge in [0.15, 0.2) is 0 Å². The summed E-state index contributed by atoms with van der Waals surface area (Å²) in [5.74, 6) is 0. The molecule has 0 aromatic carbocycles. The number of hydrogen-bond donors (Lipinski definition) is 1. The maximum absolute atomic E-state index is 5.82. The molecule has 0 fully saturated rings. The van der Waals surface area contributed by atoms with Crippen molar-refractivity contribution in [3.8, 4) is 0 Å².